The average Bonchev–Trinajstić information content (AvgIpc) is 2.73. The number of anilines is 1. The van der Waals surface area contributed by atoms with Crippen LogP contribution >= 0.6 is 0 Å². The molecule has 0 fully saturated rings. The smallest absolute Gasteiger partial charge is 0.308 e. The van der Waals surface area contributed by atoms with Gasteiger partial charge in [-0.15, -0.1) is 0 Å². The molecule has 0 unspecified atom stereocenters. The number of rotatable bonds is 7. The van der Waals surface area contributed by atoms with Crippen LogP contribution in [0.3, 0.4) is 0 Å². The first-order valence-corrected chi connectivity index (χ1v) is 10.00. The number of benzene rings is 2. The number of amides is 2. The summed E-state index contributed by atoms with van der Waals surface area (Å²) in [7, 11) is 0. The van der Waals surface area contributed by atoms with Crippen molar-refractivity contribution in [2.45, 2.75) is 45.6 Å². The van der Waals surface area contributed by atoms with Crippen molar-refractivity contribution in [2.24, 2.45) is 0 Å². The number of ether oxygens (including phenoxy) is 1. The Morgan fingerprint density at radius 3 is 2.32 bits per heavy atom. The molecule has 0 bridgehead atoms. The molecule has 0 aliphatic heterocycles. The molecule has 2 N–H and O–H groups in total. The first-order valence-electron chi connectivity index (χ1n) is 10.00. The number of esters is 1. The van der Waals surface area contributed by atoms with Gasteiger partial charge in [0.05, 0.1) is 17.7 Å². The molecular weight excluding hydrogens is 394 g/mol. The normalized spacial score (nSPS) is 11.7. The zero-order chi connectivity index (χ0) is 23.0. The van der Waals surface area contributed by atoms with Crippen molar-refractivity contribution >= 4 is 23.5 Å². The SMILES string of the molecule is C[C@H](OC(=O)CCNC(=O)c1ccc(C(C)(C)C)cc1)C(=O)Nc1ccccc1C#N. The average molecular weight is 421 g/mol. The van der Waals surface area contributed by atoms with Crippen molar-refractivity contribution in [3.05, 3.63) is 65.2 Å². The van der Waals surface area contributed by atoms with Gasteiger partial charge in [-0.2, -0.15) is 5.26 Å². The van der Waals surface area contributed by atoms with Crippen LogP contribution in [0.2, 0.25) is 0 Å². The van der Waals surface area contributed by atoms with Crippen LogP contribution in [0.25, 0.3) is 0 Å². The Hall–Kier alpha value is -3.66. The molecule has 2 aromatic rings. The van der Waals surface area contributed by atoms with Crippen molar-refractivity contribution in [2.75, 3.05) is 11.9 Å². The van der Waals surface area contributed by atoms with Crippen molar-refractivity contribution in [3.63, 3.8) is 0 Å². The third kappa shape index (κ3) is 6.96. The lowest BCUT2D eigenvalue weighted by molar-refractivity contribution is -0.153. The van der Waals surface area contributed by atoms with Crippen molar-refractivity contribution < 1.29 is 19.1 Å². The maximum absolute atomic E-state index is 12.2. The zero-order valence-electron chi connectivity index (χ0n) is 18.2. The molecule has 31 heavy (non-hydrogen) atoms. The summed E-state index contributed by atoms with van der Waals surface area (Å²) in [6.45, 7) is 7.81. The predicted octanol–water partition coefficient (Wildman–Crippen LogP) is 3.55. The Kier molecular flexibility index (Phi) is 7.92. The molecule has 7 heteroatoms. The third-order valence-electron chi connectivity index (χ3n) is 4.61. The van der Waals surface area contributed by atoms with Crippen LogP contribution in [0.1, 0.15) is 55.6 Å². The van der Waals surface area contributed by atoms with Gasteiger partial charge in [-0.25, -0.2) is 0 Å². The summed E-state index contributed by atoms with van der Waals surface area (Å²) in [5.74, 6) is -1.44. The lowest BCUT2D eigenvalue weighted by Gasteiger charge is -2.19. The summed E-state index contributed by atoms with van der Waals surface area (Å²) in [4.78, 5) is 36.4. The summed E-state index contributed by atoms with van der Waals surface area (Å²) in [5, 5.41) is 14.3. The molecule has 0 aliphatic rings. The number of para-hydroxylation sites is 1. The number of nitriles is 1. The predicted molar refractivity (Wildman–Crippen MR) is 117 cm³/mol. The van der Waals surface area contributed by atoms with E-state index in [4.69, 9.17) is 10.00 Å². The Morgan fingerprint density at radius 1 is 1.06 bits per heavy atom. The zero-order valence-corrected chi connectivity index (χ0v) is 18.2. The highest BCUT2D eigenvalue weighted by Crippen LogP contribution is 2.22. The fraction of sp³-hybridized carbons (Fsp3) is 0.333. The Morgan fingerprint density at radius 2 is 1.71 bits per heavy atom. The van der Waals surface area contributed by atoms with E-state index in [0.29, 0.717) is 16.8 Å². The fourth-order valence-electron chi connectivity index (χ4n) is 2.74. The monoisotopic (exact) mass is 421 g/mol. The van der Waals surface area contributed by atoms with E-state index in [-0.39, 0.29) is 24.3 Å². The van der Waals surface area contributed by atoms with Crippen LogP contribution in [0.5, 0.6) is 0 Å². The number of nitrogens with zero attached hydrogens (tertiary/aromatic N) is 1. The molecular formula is C24H27N3O4. The molecule has 162 valence electrons. The largest absolute Gasteiger partial charge is 0.452 e. The minimum Gasteiger partial charge on any atom is -0.452 e. The first kappa shape index (κ1) is 23.6. The summed E-state index contributed by atoms with van der Waals surface area (Å²) in [6, 6.07) is 15.8. The summed E-state index contributed by atoms with van der Waals surface area (Å²) >= 11 is 0. The minimum absolute atomic E-state index is 0.00155. The lowest BCUT2D eigenvalue weighted by Crippen LogP contribution is -2.32. The van der Waals surface area contributed by atoms with Gasteiger partial charge in [0.15, 0.2) is 6.10 Å². The Labute approximate surface area is 182 Å². The molecule has 0 heterocycles. The van der Waals surface area contributed by atoms with E-state index in [1.165, 1.54) is 6.92 Å². The van der Waals surface area contributed by atoms with Gasteiger partial charge in [0.2, 0.25) is 0 Å². The second kappa shape index (κ2) is 10.4. The van der Waals surface area contributed by atoms with E-state index < -0.39 is 18.0 Å². The quantitative estimate of drug-likeness (QED) is 0.665. The third-order valence-corrected chi connectivity index (χ3v) is 4.61. The number of carbonyl (C=O) groups is 3. The second-order valence-corrected chi connectivity index (χ2v) is 8.11. The number of hydrogen-bond acceptors (Lipinski definition) is 5. The molecule has 0 spiro atoms. The molecule has 0 aliphatic carbocycles. The minimum atomic E-state index is -1.04. The number of carbonyl (C=O) groups excluding carboxylic acids is 3. The van der Waals surface area contributed by atoms with Gasteiger partial charge in [0.25, 0.3) is 11.8 Å². The molecule has 0 aromatic heterocycles. The Balaban J connectivity index is 1.79. The van der Waals surface area contributed by atoms with Crippen LogP contribution in [-0.4, -0.2) is 30.4 Å². The van der Waals surface area contributed by atoms with E-state index in [0.717, 1.165) is 5.56 Å². The van der Waals surface area contributed by atoms with Gasteiger partial charge in [-0.3, -0.25) is 14.4 Å². The maximum atomic E-state index is 12.2. The topological polar surface area (TPSA) is 108 Å². The highest BCUT2D eigenvalue weighted by atomic mass is 16.5. The Bertz CT molecular complexity index is 985. The van der Waals surface area contributed by atoms with Gasteiger partial charge in [0.1, 0.15) is 6.07 Å². The van der Waals surface area contributed by atoms with Crippen molar-refractivity contribution in [1.29, 1.82) is 5.26 Å². The summed E-state index contributed by atoms with van der Waals surface area (Å²) in [6.07, 6.45) is -1.11. The molecule has 7 nitrogen and oxygen atoms in total. The molecule has 2 aromatic carbocycles. The molecule has 0 saturated carbocycles. The summed E-state index contributed by atoms with van der Waals surface area (Å²) < 4.78 is 5.11. The van der Waals surface area contributed by atoms with Crippen LogP contribution in [-0.2, 0) is 19.7 Å². The van der Waals surface area contributed by atoms with Crippen molar-refractivity contribution in [3.8, 4) is 6.07 Å². The molecule has 0 radical (unpaired) electrons. The van der Waals surface area contributed by atoms with Gasteiger partial charge in [-0.1, -0.05) is 45.0 Å². The standard InChI is InChI=1S/C24H27N3O4/c1-16(22(29)27-20-8-6-5-7-18(20)15-25)31-21(28)13-14-26-23(30)17-9-11-19(12-10-17)24(2,3)4/h5-12,16H,13-14H2,1-4H3,(H,26,30)(H,27,29)/t16-/m0/s1. The van der Waals surface area contributed by atoms with Crippen LogP contribution < -0.4 is 10.6 Å². The highest BCUT2D eigenvalue weighted by molar-refractivity contribution is 5.96. The van der Waals surface area contributed by atoms with Crippen LogP contribution in [0.4, 0.5) is 5.69 Å². The fourth-order valence-corrected chi connectivity index (χ4v) is 2.74. The number of nitrogens with one attached hydrogen (secondary N) is 2. The van der Waals surface area contributed by atoms with E-state index in [2.05, 4.69) is 31.4 Å². The van der Waals surface area contributed by atoms with Gasteiger partial charge in [-0.05, 0) is 42.2 Å². The molecule has 1 atom stereocenters. The first-order chi connectivity index (χ1) is 14.6. The van der Waals surface area contributed by atoms with E-state index in [1.54, 1.807) is 36.4 Å². The number of hydrogen-bond donors (Lipinski definition) is 2. The van der Waals surface area contributed by atoms with Crippen LogP contribution in [0, 0.1) is 11.3 Å². The second-order valence-electron chi connectivity index (χ2n) is 8.11. The summed E-state index contributed by atoms with van der Waals surface area (Å²) in [5.41, 5.74) is 2.29. The lowest BCUT2D eigenvalue weighted by atomic mass is 9.87. The van der Waals surface area contributed by atoms with Gasteiger partial charge >= 0.3 is 5.97 Å². The van der Waals surface area contributed by atoms with Gasteiger partial charge < -0.3 is 15.4 Å². The molecule has 0 saturated heterocycles. The molecule has 2 rings (SSSR count). The maximum Gasteiger partial charge on any atom is 0.308 e. The van der Waals surface area contributed by atoms with E-state index in [9.17, 15) is 14.4 Å². The van der Waals surface area contributed by atoms with Crippen LogP contribution in [0.15, 0.2) is 48.5 Å². The molecule has 2 amide bonds. The van der Waals surface area contributed by atoms with Crippen molar-refractivity contribution in [1.82, 2.24) is 5.32 Å². The van der Waals surface area contributed by atoms with E-state index in [1.807, 2.05) is 18.2 Å². The van der Waals surface area contributed by atoms with Gasteiger partial charge in [0, 0.05) is 12.1 Å². The van der Waals surface area contributed by atoms with E-state index >= 15 is 0 Å². The highest BCUT2D eigenvalue weighted by Gasteiger charge is 2.19.